The summed E-state index contributed by atoms with van der Waals surface area (Å²) in [5, 5.41) is 3.32. The fourth-order valence-corrected chi connectivity index (χ4v) is 3.23. The zero-order chi connectivity index (χ0) is 21.3. The number of rotatable bonds is 7. The predicted octanol–water partition coefficient (Wildman–Crippen LogP) is 2.90. The number of aliphatic imine (C=N–C) groups is 1. The van der Waals surface area contributed by atoms with Crippen molar-refractivity contribution in [3.05, 3.63) is 53.7 Å². The van der Waals surface area contributed by atoms with Gasteiger partial charge in [-0.15, -0.1) is 24.0 Å². The van der Waals surface area contributed by atoms with Crippen LogP contribution >= 0.6 is 24.0 Å². The number of hydrogen-bond donors (Lipinski definition) is 1. The number of guanidine groups is 1. The lowest BCUT2D eigenvalue weighted by Gasteiger charge is -2.37. The molecule has 10 heteroatoms. The van der Waals surface area contributed by atoms with Crippen LogP contribution in [0.3, 0.4) is 0 Å². The molecule has 0 saturated carbocycles. The van der Waals surface area contributed by atoms with Crippen molar-refractivity contribution in [2.75, 3.05) is 58.5 Å². The van der Waals surface area contributed by atoms with E-state index in [0.717, 1.165) is 17.6 Å². The largest absolute Gasteiger partial charge is 0.475 e. The standard InChI is InChI=1S/C21H27F2N5O2.HI/c1-24-21(26-15-16-3-6-20(25-14-16)30-12-11-29-2)28-9-7-27(8-10-28)19-13-17(22)4-5-18(19)23;/h3-6,13-14H,7-12,15H2,1-2H3,(H,24,26);1H. The predicted molar refractivity (Wildman–Crippen MR) is 127 cm³/mol. The monoisotopic (exact) mass is 547 g/mol. The first-order valence-electron chi connectivity index (χ1n) is 9.83. The molecule has 1 aliphatic rings. The number of aromatic nitrogens is 1. The van der Waals surface area contributed by atoms with Crippen molar-refractivity contribution in [2.24, 2.45) is 4.99 Å². The van der Waals surface area contributed by atoms with Crippen LogP contribution in [0, 0.1) is 11.6 Å². The number of methoxy groups -OCH3 is 1. The Labute approximate surface area is 198 Å². The molecule has 2 heterocycles. The average molecular weight is 547 g/mol. The van der Waals surface area contributed by atoms with Crippen molar-refractivity contribution in [1.82, 2.24) is 15.2 Å². The van der Waals surface area contributed by atoms with Gasteiger partial charge in [0.25, 0.3) is 0 Å². The summed E-state index contributed by atoms with van der Waals surface area (Å²) in [4.78, 5) is 12.6. The molecule has 0 unspecified atom stereocenters. The van der Waals surface area contributed by atoms with Crippen molar-refractivity contribution in [1.29, 1.82) is 0 Å². The quantitative estimate of drug-likeness (QED) is 0.249. The molecule has 0 aliphatic carbocycles. The molecule has 7 nitrogen and oxygen atoms in total. The van der Waals surface area contributed by atoms with Gasteiger partial charge in [0.2, 0.25) is 5.88 Å². The van der Waals surface area contributed by atoms with Crippen LogP contribution in [0.2, 0.25) is 0 Å². The molecular weight excluding hydrogens is 519 g/mol. The molecule has 2 aromatic rings. The van der Waals surface area contributed by atoms with Gasteiger partial charge in [0, 0.05) is 65.2 Å². The highest BCUT2D eigenvalue weighted by molar-refractivity contribution is 14.0. The fourth-order valence-electron chi connectivity index (χ4n) is 3.23. The number of halogens is 3. The average Bonchev–Trinajstić information content (AvgIpc) is 2.77. The molecule has 1 N–H and O–H groups in total. The Morgan fingerprint density at radius 1 is 1.13 bits per heavy atom. The highest BCUT2D eigenvalue weighted by Crippen LogP contribution is 2.22. The molecule has 1 aliphatic heterocycles. The zero-order valence-electron chi connectivity index (χ0n) is 17.7. The maximum atomic E-state index is 14.0. The Balaban J connectivity index is 0.00000341. The van der Waals surface area contributed by atoms with Crippen LogP contribution in [-0.4, -0.2) is 69.4 Å². The topological polar surface area (TPSA) is 62.2 Å². The Hall–Kier alpha value is -2.21. The number of piperazine rings is 1. The van der Waals surface area contributed by atoms with Crippen LogP contribution in [0.1, 0.15) is 5.56 Å². The van der Waals surface area contributed by atoms with Crippen molar-refractivity contribution in [3.63, 3.8) is 0 Å². The van der Waals surface area contributed by atoms with Gasteiger partial charge in [-0.2, -0.15) is 0 Å². The van der Waals surface area contributed by atoms with E-state index < -0.39 is 11.6 Å². The van der Waals surface area contributed by atoms with Gasteiger partial charge in [-0.05, 0) is 17.7 Å². The fraction of sp³-hybridized carbons (Fsp3) is 0.429. The Bertz CT molecular complexity index is 846. The van der Waals surface area contributed by atoms with E-state index in [1.807, 2.05) is 17.0 Å². The molecule has 1 aromatic heterocycles. The molecule has 1 saturated heterocycles. The van der Waals surface area contributed by atoms with Crippen LogP contribution in [0.25, 0.3) is 0 Å². The minimum atomic E-state index is -0.435. The molecule has 0 bridgehead atoms. The molecule has 0 amide bonds. The maximum absolute atomic E-state index is 14.0. The molecule has 170 valence electrons. The third-order valence-electron chi connectivity index (χ3n) is 4.83. The van der Waals surface area contributed by atoms with Crippen molar-refractivity contribution >= 4 is 35.6 Å². The number of benzene rings is 1. The van der Waals surface area contributed by atoms with E-state index in [1.165, 1.54) is 12.1 Å². The molecule has 31 heavy (non-hydrogen) atoms. The van der Waals surface area contributed by atoms with Gasteiger partial charge in [0.15, 0.2) is 5.96 Å². The summed E-state index contributed by atoms with van der Waals surface area (Å²) >= 11 is 0. The minimum Gasteiger partial charge on any atom is -0.475 e. The van der Waals surface area contributed by atoms with E-state index in [4.69, 9.17) is 9.47 Å². The molecule has 3 rings (SSSR count). The van der Waals surface area contributed by atoms with Gasteiger partial charge in [0.1, 0.15) is 18.2 Å². The van der Waals surface area contributed by atoms with Gasteiger partial charge in [-0.1, -0.05) is 6.07 Å². The van der Waals surface area contributed by atoms with Crippen LogP contribution < -0.4 is 15.0 Å². The summed E-state index contributed by atoms with van der Waals surface area (Å²) in [5.74, 6) is 0.472. The summed E-state index contributed by atoms with van der Waals surface area (Å²) in [5.41, 5.74) is 1.30. The zero-order valence-corrected chi connectivity index (χ0v) is 20.0. The highest BCUT2D eigenvalue weighted by atomic mass is 127. The first kappa shape index (κ1) is 25.1. The minimum absolute atomic E-state index is 0. The van der Waals surface area contributed by atoms with E-state index in [1.54, 1.807) is 20.4 Å². The number of ether oxygens (including phenoxy) is 2. The molecule has 1 fully saturated rings. The Morgan fingerprint density at radius 2 is 1.90 bits per heavy atom. The number of nitrogens with zero attached hydrogens (tertiary/aromatic N) is 4. The van der Waals surface area contributed by atoms with Crippen molar-refractivity contribution in [2.45, 2.75) is 6.54 Å². The number of hydrogen-bond acceptors (Lipinski definition) is 5. The third-order valence-corrected chi connectivity index (χ3v) is 4.83. The van der Waals surface area contributed by atoms with E-state index in [2.05, 4.69) is 20.2 Å². The molecule has 1 aromatic carbocycles. The first-order chi connectivity index (χ1) is 14.6. The lowest BCUT2D eigenvalue weighted by atomic mass is 10.2. The number of anilines is 1. The highest BCUT2D eigenvalue weighted by Gasteiger charge is 2.22. The lowest BCUT2D eigenvalue weighted by molar-refractivity contribution is 0.143. The second-order valence-electron chi connectivity index (χ2n) is 6.82. The van der Waals surface area contributed by atoms with Gasteiger partial charge in [-0.3, -0.25) is 4.99 Å². The van der Waals surface area contributed by atoms with Crippen LogP contribution in [0.5, 0.6) is 5.88 Å². The Kier molecular flexibility index (Phi) is 10.2. The molecule has 0 radical (unpaired) electrons. The van der Waals surface area contributed by atoms with Gasteiger partial charge in [0.05, 0.1) is 12.3 Å². The van der Waals surface area contributed by atoms with E-state index in [-0.39, 0.29) is 24.0 Å². The van der Waals surface area contributed by atoms with Crippen LogP contribution in [0.4, 0.5) is 14.5 Å². The van der Waals surface area contributed by atoms with Gasteiger partial charge in [-0.25, -0.2) is 13.8 Å². The SMILES string of the molecule is CN=C(NCc1ccc(OCCOC)nc1)N1CCN(c2cc(F)ccc2F)CC1.I. The van der Waals surface area contributed by atoms with Crippen LogP contribution in [-0.2, 0) is 11.3 Å². The summed E-state index contributed by atoms with van der Waals surface area (Å²) in [6.07, 6.45) is 1.76. The number of pyridine rings is 1. The summed E-state index contributed by atoms with van der Waals surface area (Å²) in [6, 6.07) is 7.31. The summed E-state index contributed by atoms with van der Waals surface area (Å²) in [6.45, 7) is 4.00. The van der Waals surface area contributed by atoms with Gasteiger partial charge >= 0.3 is 0 Å². The van der Waals surface area contributed by atoms with E-state index >= 15 is 0 Å². The summed E-state index contributed by atoms with van der Waals surface area (Å²) < 4.78 is 37.9. The van der Waals surface area contributed by atoms with Crippen molar-refractivity contribution in [3.8, 4) is 5.88 Å². The molecule has 0 spiro atoms. The maximum Gasteiger partial charge on any atom is 0.213 e. The smallest absolute Gasteiger partial charge is 0.213 e. The molecule has 0 atom stereocenters. The normalized spacial score (nSPS) is 14.3. The van der Waals surface area contributed by atoms with Crippen LogP contribution in [0.15, 0.2) is 41.5 Å². The lowest BCUT2D eigenvalue weighted by Crippen LogP contribution is -2.52. The van der Waals surface area contributed by atoms with Gasteiger partial charge < -0.3 is 24.6 Å². The van der Waals surface area contributed by atoms with E-state index in [0.29, 0.717) is 57.5 Å². The molecular formula is C21H28F2IN5O2. The summed E-state index contributed by atoms with van der Waals surface area (Å²) in [7, 11) is 3.35. The van der Waals surface area contributed by atoms with Crippen molar-refractivity contribution < 1.29 is 18.3 Å². The Morgan fingerprint density at radius 3 is 2.55 bits per heavy atom. The second kappa shape index (κ2) is 12.6. The second-order valence-corrected chi connectivity index (χ2v) is 6.82. The number of nitrogens with one attached hydrogen (secondary N) is 1. The van der Waals surface area contributed by atoms with E-state index in [9.17, 15) is 8.78 Å². The third kappa shape index (κ3) is 7.17. The first-order valence-corrected chi connectivity index (χ1v) is 9.83.